The van der Waals surface area contributed by atoms with E-state index in [1.165, 1.54) is 0 Å². The van der Waals surface area contributed by atoms with Gasteiger partial charge in [0.15, 0.2) is 0 Å². The number of aliphatic hydroxyl groups is 1. The molecule has 0 aliphatic heterocycles. The second kappa shape index (κ2) is 9.11. The third kappa shape index (κ3) is 5.54. The van der Waals surface area contributed by atoms with Crippen molar-refractivity contribution in [1.82, 2.24) is 9.88 Å². The van der Waals surface area contributed by atoms with Crippen LogP contribution >= 0.6 is 0 Å². The molecule has 1 amide bonds. The average molecular weight is 290 g/mol. The van der Waals surface area contributed by atoms with E-state index in [4.69, 9.17) is 9.84 Å². The maximum atomic E-state index is 12.5. The van der Waals surface area contributed by atoms with Crippen LogP contribution in [-0.2, 0) is 4.74 Å². The number of hydrogen-bond donors (Lipinski definition) is 1. The third-order valence-electron chi connectivity index (χ3n) is 2.88. The van der Waals surface area contributed by atoms with Crippen LogP contribution in [0.4, 0.5) is 0 Å². The lowest BCUT2D eigenvalue weighted by Gasteiger charge is -2.26. The Hall–Kier alpha value is -1.90. The lowest BCUT2D eigenvalue weighted by molar-refractivity contribution is 0.0634. The van der Waals surface area contributed by atoms with Gasteiger partial charge in [-0.1, -0.05) is 11.8 Å². The Labute approximate surface area is 125 Å². The van der Waals surface area contributed by atoms with Crippen LogP contribution in [0.2, 0.25) is 0 Å². The molecule has 1 rings (SSSR count). The minimum absolute atomic E-state index is 0.0250. The van der Waals surface area contributed by atoms with Gasteiger partial charge in [-0.3, -0.25) is 9.78 Å². The molecule has 0 bridgehead atoms. The summed E-state index contributed by atoms with van der Waals surface area (Å²) in [6.07, 6.45) is 3.56. The van der Waals surface area contributed by atoms with Gasteiger partial charge < -0.3 is 14.7 Å². The second-order valence-corrected chi connectivity index (χ2v) is 4.82. The van der Waals surface area contributed by atoms with Crippen LogP contribution in [0, 0.1) is 11.8 Å². The average Bonchev–Trinajstić information content (AvgIpc) is 2.47. The molecule has 114 valence electrons. The first-order chi connectivity index (χ1) is 10.1. The number of rotatable bonds is 6. The fourth-order valence-electron chi connectivity index (χ4n) is 1.80. The van der Waals surface area contributed by atoms with Crippen LogP contribution in [0.1, 0.15) is 36.2 Å². The summed E-state index contributed by atoms with van der Waals surface area (Å²) in [5.74, 6) is 5.62. The predicted octanol–water partition coefficient (Wildman–Crippen LogP) is 1.31. The zero-order chi connectivity index (χ0) is 15.7. The van der Waals surface area contributed by atoms with Crippen LogP contribution in [0.5, 0.6) is 0 Å². The molecular weight excluding hydrogens is 268 g/mol. The van der Waals surface area contributed by atoms with E-state index in [0.717, 1.165) is 0 Å². The van der Waals surface area contributed by atoms with E-state index >= 15 is 0 Å². The van der Waals surface area contributed by atoms with Crippen molar-refractivity contribution in [2.75, 3.05) is 26.9 Å². The van der Waals surface area contributed by atoms with Gasteiger partial charge in [0, 0.05) is 44.1 Å². The summed E-state index contributed by atoms with van der Waals surface area (Å²) in [4.78, 5) is 18.3. The number of carbonyl (C=O) groups excluding carboxylic acids is 1. The molecular formula is C16H22N2O3. The van der Waals surface area contributed by atoms with E-state index in [-0.39, 0.29) is 18.6 Å². The molecule has 1 aromatic rings. The topological polar surface area (TPSA) is 62.7 Å². The lowest BCUT2D eigenvalue weighted by Crippen LogP contribution is -2.39. The Morgan fingerprint density at radius 3 is 2.86 bits per heavy atom. The zero-order valence-corrected chi connectivity index (χ0v) is 12.8. The molecule has 5 nitrogen and oxygen atoms in total. The van der Waals surface area contributed by atoms with Gasteiger partial charge in [0.2, 0.25) is 0 Å². The fourth-order valence-corrected chi connectivity index (χ4v) is 1.80. The van der Waals surface area contributed by atoms with Crippen molar-refractivity contribution in [3.63, 3.8) is 0 Å². The third-order valence-corrected chi connectivity index (χ3v) is 2.88. The van der Waals surface area contributed by atoms with Crippen molar-refractivity contribution in [3.8, 4) is 11.8 Å². The minimum Gasteiger partial charge on any atom is -0.395 e. The van der Waals surface area contributed by atoms with Crippen LogP contribution in [0.25, 0.3) is 0 Å². The van der Waals surface area contributed by atoms with Gasteiger partial charge in [0.25, 0.3) is 5.91 Å². The lowest BCUT2D eigenvalue weighted by atomic mass is 10.1. The normalized spacial score (nSPS) is 10.1. The number of pyridine rings is 1. The van der Waals surface area contributed by atoms with Crippen LogP contribution in [-0.4, -0.2) is 53.8 Å². The summed E-state index contributed by atoms with van der Waals surface area (Å²) in [5, 5.41) is 8.71. The second-order valence-electron chi connectivity index (χ2n) is 4.82. The van der Waals surface area contributed by atoms with Gasteiger partial charge in [0.1, 0.15) is 0 Å². The quantitative estimate of drug-likeness (QED) is 0.803. The molecule has 0 unspecified atom stereocenters. The summed E-state index contributed by atoms with van der Waals surface area (Å²) in [5.41, 5.74) is 1.18. The molecule has 0 spiro atoms. The van der Waals surface area contributed by atoms with E-state index in [1.54, 1.807) is 30.5 Å². The van der Waals surface area contributed by atoms with E-state index in [1.807, 2.05) is 13.8 Å². The van der Waals surface area contributed by atoms with E-state index in [9.17, 15) is 4.79 Å². The number of methoxy groups -OCH3 is 1. The molecule has 1 aromatic heterocycles. The largest absolute Gasteiger partial charge is 0.395 e. The molecule has 21 heavy (non-hydrogen) atoms. The van der Waals surface area contributed by atoms with Crippen LogP contribution in [0.15, 0.2) is 18.5 Å². The highest BCUT2D eigenvalue weighted by Gasteiger charge is 2.18. The Kier molecular flexibility index (Phi) is 7.44. The van der Waals surface area contributed by atoms with Gasteiger partial charge in [-0.25, -0.2) is 0 Å². The molecule has 0 radical (unpaired) electrons. The first-order valence-electron chi connectivity index (χ1n) is 6.94. The number of ether oxygens (including phenoxy) is 1. The van der Waals surface area contributed by atoms with Gasteiger partial charge in [-0.05, 0) is 19.9 Å². The summed E-state index contributed by atoms with van der Waals surface area (Å²) in [6, 6.07) is 1.80. The summed E-state index contributed by atoms with van der Waals surface area (Å²) >= 11 is 0. The van der Waals surface area contributed by atoms with Gasteiger partial charge in [0.05, 0.1) is 18.8 Å². The van der Waals surface area contributed by atoms with Gasteiger partial charge in [-0.2, -0.15) is 0 Å². The highest BCUT2D eigenvalue weighted by atomic mass is 16.5. The van der Waals surface area contributed by atoms with E-state index in [0.29, 0.717) is 30.7 Å². The van der Waals surface area contributed by atoms with Crippen molar-refractivity contribution in [2.24, 2.45) is 0 Å². The molecule has 5 heteroatoms. The predicted molar refractivity (Wildman–Crippen MR) is 80.9 cm³/mol. The Morgan fingerprint density at radius 2 is 2.24 bits per heavy atom. The minimum atomic E-state index is -0.0830. The highest BCUT2D eigenvalue weighted by Crippen LogP contribution is 2.09. The zero-order valence-electron chi connectivity index (χ0n) is 12.8. The molecule has 0 atom stereocenters. The Balaban J connectivity index is 2.90. The first-order valence-corrected chi connectivity index (χ1v) is 6.94. The summed E-state index contributed by atoms with van der Waals surface area (Å²) < 4.78 is 5.04. The summed E-state index contributed by atoms with van der Waals surface area (Å²) in [6.45, 7) is 4.98. The number of aromatic nitrogens is 1. The van der Waals surface area contributed by atoms with Gasteiger partial charge in [-0.15, -0.1) is 0 Å². The van der Waals surface area contributed by atoms with Crippen molar-refractivity contribution < 1.29 is 14.6 Å². The fraction of sp³-hybridized carbons (Fsp3) is 0.500. The molecule has 0 aliphatic carbocycles. The molecule has 0 saturated carbocycles. The Morgan fingerprint density at radius 1 is 1.48 bits per heavy atom. The molecule has 0 aromatic carbocycles. The van der Waals surface area contributed by atoms with Gasteiger partial charge >= 0.3 is 0 Å². The molecule has 0 aliphatic rings. The maximum Gasteiger partial charge on any atom is 0.255 e. The molecule has 1 N–H and O–H groups in total. The van der Waals surface area contributed by atoms with Crippen LogP contribution in [0.3, 0.4) is 0 Å². The maximum absolute atomic E-state index is 12.5. The number of amides is 1. The smallest absolute Gasteiger partial charge is 0.255 e. The summed E-state index contributed by atoms with van der Waals surface area (Å²) in [7, 11) is 1.61. The van der Waals surface area contributed by atoms with Crippen LogP contribution < -0.4 is 0 Å². The number of hydrogen-bond acceptors (Lipinski definition) is 4. The Bertz CT molecular complexity index is 518. The number of carbonyl (C=O) groups is 1. The van der Waals surface area contributed by atoms with Crippen molar-refractivity contribution in [2.45, 2.75) is 26.3 Å². The number of aliphatic hydroxyl groups excluding tert-OH is 1. The van der Waals surface area contributed by atoms with E-state index in [2.05, 4.69) is 16.8 Å². The molecule has 1 heterocycles. The standard InChI is InChI=1S/C16H22N2O3/c1-13(2)18(7-9-21-3)16(20)15-10-14(11-17-12-15)6-4-5-8-19/h10-13,19H,5,7-9H2,1-3H3. The van der Waals surface area contributed by atoms with E-state index < -0.39 is 0 Å². The highest BCUT2D eigenvalue weighted by molar-refractivity contribution is 5.94. The van der Waals surface area contributed by atoms with Crippen molar-refractivity contribution in [1.29, 1.82) is 0 Å². The molecule has 0 saturated heterocycles. The SMILES string of the molecule is COCCN(C(=O)c1cncc(C#CCCO)c1)C(C)C. The first kappa shape index (κ1) is 17.2. The molecule has 0 fully saturated rings. The monoisotopic (exact) mass is 290 g/mol. The van der Waals surface area contributed by atoms with Crippen molar-refractivity contribution >= 4 is 5.91 Å². The number of nitrogens with zero attached hydrogens (tertiary/aromatic N) is 2. The van der Waals surface area contributed by atoms with Crippen molar-refractivity contribution in [3.05, 3.63) is 29.6 Å².